The Morgan fingerprint density at radius 2 is 1.61 bits per heavy atom. The van der Waals surface area contributed by atoms with Gasteiger partial charge in [0.2, 0.25) is 5.91 Å². The molecule has 0 spiro atoms. The Morgan fingerprint density at radius 3 is 2.35 bits per heavy atom. The molecule has 7 rings (SSSR count). The molecule has 2 saturated carbocycles. The zero-order chi connectivity index (χ0) is 35.2. The number of fused-ring (bicyclic) bond motifs is 1. The van der Waals surface area contributed by atoms with E-state index in [-0.39, 0.29) is 5.91 Å². The molecule has 1 N–H and O–H groups in total. The maximum Gasteiger partial charge on any atom is 0.413 e. The van der Waals surface area contributed by atoms with Crippen molar-refractivity contribution in [2.45, 2.75) is 70.4 Å². The van der Waals surface area contributed by atoms with Crippen LogP contribution in [0.15, 0.2) is 85.1 Å². The Bertz CT molecular complexity index is 1780. The standard InChI is InChI=1S/C42H50ClN5O3/c1-30(48(29-33-13-14-33)28-32-8-3-2-4-9-32)37-11-5-6-12-40(37)46-22-24-47(25-23-46)41(49)39(26-31-15-17-35(43)18-16-31)45-42(50)51-36-19-20-38-34(27-36)10-7-21-44-38/h5-7,10-12,15-21,27,30,32-33,39H,2-4,8-9,13-14,22-26,28-29H2,1H3,(H,45,50). The third-order valence-corrected chi connectivity index (χ3v) is 11.3. The summed E-state index contributed by atoms with van der Waals surface area (Å²) in [4.78, 5) is 38.8. The van der Waals surface area contributed by atoms with Gasteiger partial charge in [0.05, 0.1) is 5.52 Å². The van der Waals surface area contributed by atoms with Gasteiger partial charge >= 0.3 is 6.09 Å². The molecule has 4 aromatic rings. The Kier molecular flexibility index (Phi) is 11.4. The van der Waals surface area contributed by atoms with Crippen LogP contribution in [0.2, 0.25) is 5.02 Å². The maximum absolute atomic E-state index is 14.1. The first-order valence-electron chi connectivity index (χ1n) is 18.8. The number of ether oxygens (including phenoxy) is 1. The quantitative estimate of drug-likeness (QED) is 0.160. The van der Waals surface area contributed by atoms with Crippen molar-refractivity contribution < 1.29 is 14.3 Å². The number of piperazine rings is 1. The molecule has 51 heavy (non-hydrogen) atoms. The number of pyridine rings is 1. The second-order valence-corrected chi connectivity index (χ2v) is 15.2. The first-order chi connectivity index (χ1) is 24.9. The number of nitrogens with zero attached hydrogens (tertiary/aromatic N) is 4. The highest BCUT2D eigenvalue weighted by Crippen LogP contribution is 2.37. The molecule has 0 bridgehead atoms. The molecule has 2 aliphatic carbocycles. The van der Waals surface area contributed by atoms with Crippen LogP contribution in [0, 0.1) is 11.8 Å². The molecule has 2 heterocycles. The van der Waals surface area contributed by atoms with Crippen LogP contribution in [0.5, 0.6) is 5.75 Å². The molecule has 3 aromatic carbocycles. The van der Waals surface area contributed by atoms with Crippen molar-refractivity contribution in [2.75, 3.05) is 44.2 Å². The number of anilines is 1. The number of aromatic nitrogens is 1. The number of nitrogens with one attached hydrogen (secondary N) is 1. The van der Waals surface area contributed by atoms with Crippen LogP contribution < -0.4 is 15.0 Å². The van der Waals surface area contributed by atoms with Crippen LogP contribution in [0.3, 0.4) is 0 Å². The average molecular weight is 708 g/mol. The van der Waals surface area contributed by atoms with Gasteiger partial charge in [-0.05, 0) is 98.0 Å². The summed E-state index contributed by atoms with van der Waals surface area (Å²) in [6.07, 6.45) is 10.9. The van der Waals surface area contributed by atoms with Crippen molar-refractivity contribution in [1.29, 1.82) is 0 Å². The lowest BCUT2D eigenvalue weighted by atomic mass is 9.88. The van der Waals surface area contributed by atoms with E-state index in [1.807, 2.05) is 35.2 Å². The molecule has 1 saturated heterocycles. The van der Waals surface area contributed by atoms with Crippen LogP contribution in [0.1, 0.15) is 69.0 Å². The van der Waals surface area contributed by atoms with Gasteiger partial charge in [-0.15, -0.1) is 0 Å². The van der Waals surface area contributed by atoms with Gasteiger partial charge in [-0.1, -0.05) is 67.3 Å². The summed E-state index contributed by atoms with van der Waals surface area (Å²) in [6.45, 7) is 7.37. The number of hydrogen-bond donors (Lipinski definition) is 1. The summed E-state index contributed by atoms with van der Waals surface area (Å²) in [7, 11) is 0. The van der Waals surface area contributed by atoms with Crippen LogP contribution in [0.25, 0.3) is 10.9 Å². The third kappa shape index (κ3) is 9.21. The number of rotatable bonds is 12. The fraction of sp³-hybridized carbons (Fsp3) is 0.452. The lowest BCUT2D eigenvalue weighted by Gasteiger charge is -2.40. The van der Waals surface area contributed by atoms with Gasteiger partial charge in [-0.3, -0.25) is 14.7 Å². The van der Waals surface area contributed by atoms with Crippen molar-refractivity contribution in [1.82, 2.24) is 20.1 Å². The predicted molar refractivity (Wildman–Crippen MR) is 204 cm³/mol. The lowest BCUT2D eigenvalue weighted by molar-refractivity contribution is -0.133. The minimum Gasteiger partial charge on any atom is -0.410 e. The number of hydrogen-bond acceptors (Lipinski definition) is 6. The summed E-state index contributed by atoms with van der Waals surface area (Å²) in [5.41, 5.74) is 4.36. The fourth-order valence-electron chi connectivity index (χ4n) is 7.89. The van der Waals surface area contributed by atoms with E-state index in [1.165, 1.54) is 69.3 Å². The second-order valence-electron chi connectivity index (χ2n) is 14.7. The first kappa shape index (κ1) is 35.3. The minimum atomic E-state index is -0.796. The van der Waals surface area contributed by atoms with Gasteiger partial charge in [-0.25, -0.2) is 4.79 Å². The van der Waals surface area contributed by atoms with E-state index in [0.717, 1.165) is 41.4 Å². The molecule has 9 heteroatoms. The second kappa shape index (κ2) is 16.5. The molecule has 8 nitrogen and oxygen atoms in total. The smallest absolute Gasteiger partial charge is 0.410 e. The van der Waals surface area contributed by atoms with Gasteiger partial charge in [0.15, 0.2) is 0 Å². The zero-order valence-electron chi connectivity index (χ0n) is 29.7. The van der Waals surface area contributed by atoms with Crippen molar-refractivity contribution in [3.05, 3.63) is 101 Å². The molecule has 2 unspecified atom stereocenters. The van der Waals surface area contributed by atoms with Gasteiger partial charge in [0, 0.05) is 74.0 Å². The number of carbonyl (C=O) groups is 2. The first-order valence-corrected chi connectivity index (χ1v) is 19.2. The summed E-state index contributed by atoms with van der Waals surface area (Å²) in [6, 6.07) is 24.9. The normalized spacial score (nSPS) is 18.1. The van der Waals surface area contributed by atoms with Crippen LogP contribution in [-0.2, 0) is 11.2 Å². The van der Waals surface area contributed by atoms with Crippen LogP contribution in [0.4, 0.5) is 10.5 Å². The Morgan fingerprint density at radius 1 is 0.882 bits per heavy atom. The van der Waals surface area contributed by atoms with E-state index in [1.54, 1.807) is 30.5 Å². The average Bonchev–Trinajstić information content (AvgIpc) is 3.99. The third-order valence-electron chi connectivity index (χ3n) is 11.0. The lowest BCUT2D eigenvalue weighted by Crippen LogP contribution is -2.56. The molecule has 3 fully saturated rings. The fourth-order valence-corrected chi connectivity index (χ4v) is 8.02. The number of para-hydroxylation sites is 1. The van der Waals surface area contributed by atoms with Gasteiger partial charge in [-0.2, -0.15) is 0 Å². The molecule has 2 amide bonds. The highest BCUT2D eigenvalue weighted by molar-refractivity contribution is 6.30. The van der Waals surface area contributed by atoms with Crippen molar-refractivity contribution in [3.63, 3.8) is 0 Å². The number of carbonyl (C=O) groups excluding carboxylic acids is 2. The summed E-state index contributed by atoms with van der Waals surface area (Å²) >= 11 is 6.15. The van der Waals surface area contributed by atoms with E-state index >= 15 is 0 Å². The Labute approximate surface area is 307 Å². The molecular weight excluding hydrogens is 658 g/mol. The highest BCUT2D eigenvalue weighted by atomic mass is 35.5. The molecule has 1 aromatic heterocycles. The summed E-state index contributed by atoms with van der Waals surface area (Å²) in [5.74, 6) is 1.92. The summed E-state index contributed by atoms with van der Waals surface area (Å²) < 4.78 is 5.67. The van der Waals surface area contributed by atoms with E-state index in [0.29, 0.717) is 36.3 Å². The summed E-state index contributed by atoms with van der Waals surface area (Å²) in [5, 5.41) is 4.37. The number of amides is 2. The number of halogens is 1. The molecule has 2 atom stereocenters. The molecule has 0 radical (unpaired) electrons. The molecular formula is C42H50ClN5O3. The molecule has 1 aliphatic heterocycles. The largest absolute Gasteiger partial charge is 0.413 e. The van der Waals surface area contributed by atoms with E-state index in [4.69, 9.17) is 16.3 Å². The van der Waals surface area contributed by atoms with Crippen molar-refractivity contribution in [3.8, 4) is 5.75 Å². The zero-order valence-corrected chi connectivity index (χ0v) is 30.4. The SMILES string of the molecule is CC(c1ccccc1N1CCN(C(=O)C(Cc2ccc(Cl)cc2)NC(=O)Oc2ccc3ncccc3c2)CC1)N(CC1CCCCC1)CC1CC1. The van der Waals surface area contributed by atoms with E-state index in [2.05, 4.69) is 51.3 Å². The molecule has 268 valence electrons. The van der Waals surface area contributed by atoms with Crippen molar-refractivity contribution >= 4 is 40.2 Å². The minimum absolute atomic E-state index is 0.117. The van der Waals surface area contributed by atoms with Gasteiger partial charge < -0.3 is 19.9 Å². The topological polar surface area (TPSA) is 78.0 Å². The van der Waals surface area contributed by atoms with Crippen LogP contribution in [-0.4, -0.2) is 72.1 Å². The Hall–Kier alpha value is -4.14. The monoisotopic (exact) mass is 707 g/mol. The van der Waals surface area contributed by atoms with Gasteiger partial charge in [0.1, 0.15) is 11.8 Å². The van der Waals surface area contributed by atoms with E-state index in [9.17, 15) is 9.59 Å². The highest BCUT2D eigenvalue weighted by Gasteiger charge is 2.33. The van der Waals surface area contributed by atoms with E-state index < -0.39 is 12.1 Å². The number of benzene rings is 3. The Balaban J connectivity index is 1.02. The van der Waals surface area contributed by atoms with Crippen molar-refractivity contribution in [2.24, 2.45) is 11.8 Å². The predicted octanol–water partition coefficient (Wildman–Crippen LogP) is 8.29. The van der Waals surface area contributed by atoms with Gasteiger partial charge in [0.25, 0.3) is 0 Å². The van der Waals surface area contributed by atoms with Crippen LogP contribution >= 0.6 is 11.6 Å². The maximum atomic E-state index is 14.1. The molecule has 3 aliphatic rings.